The summed E-state index contributed by atoms with van der Waals surface area (Å²) in [4.78, 5) is 31.6. The molecule has 0 radical (unpaired) electrons. The predicted molar refractivity (Wildman–Crippen MR) is 124 cm³/mol. The van der Waals surface area contributed by atoms with Gasteiger partial charge in [-0.3, -0.25) is 14.5 Å². The van der Waals surface area contributed by atoms with Gasteiger partial charge >= 0.3 is 0 Å². The highest BCUT2D eigenvalue weighted by molar-refractivity contribution is 8.15. The Labute approximate surface area is 180 Å². The number of hydrogen-bond acceptors (Lipinski definition) is 4. The van der Waals surface area contributed by atoms with E-state index in [2.05, 4.69) is 5.32 Å². The van der Waals surface area contributed by atoms with Gasteiger partial charge in [0.05, 0.1) is 5.69 Å². The third kappa shape index (κ3) is 4.09. The van der Waals surface area contributed by atoms with E-state index in [0.29, 0.717) is 5.17 Å². The number of benzene rings is 3. The Bertz CT molecular complexity index is 1140. The number of carbonyl (C=O) groups excluding carboxylic acids is 2. The predicted octanol–water partition coefficient (Wildman–Crippen LogP) is 4.99. The summed E-state index contributed by atoms with van der Waals surface area (Å²) in [6.45, 7) is 2.05. The smallest absolute Gasteiger partial charge is 0.242 e. The average molecular weight is 418 g/mol. The Morgan fingerprint density at radius 3 is 2.63 bits per heavy atom. The molecule has 1 heterocycles. The van der Waals surface area contributed by atoms with Crippen LogP contribution in [0, 0.1) is 0 Å². The number of anilines is 1. The molecule has 0 bridgehead atoms. The number of carbonyl (C=O) groups is 2. The molecule has 2 amide bonds. The molecule has 1 atom stereocenters. The van der Waals surface area contributed by atoms with Crippen LogP contribution in [0.25, 0.3) is 10.8 Å². The van der Waals surface area contributed by atoms with Crippen molar-refractivity contribution >= 4 is 50.9 Å². The first-order valence-corrected chi connectivity index (χ1v) is 10.8. The van der Waals surface area contributed by atoms with E-state index in [9.17, 15) is 9.59 Å². The van der Waals surface area contributed by atoms with Crippen LogP contribution in [0.15, 0.2) is 71.7 Å². The van der Waals surface area contributed by atoms with Crippen LogP contribution < -0.4 is 5.32 Å². The summed E-state index contributed by atoms with van der Waals surface area (Å²) >= 11 is 1.34. The molecule has 1 fully saturated rings. The van der Waals surface area contributed by atoms with Crippen molar-refractivity contribution in [1.82, 2.24) is 4.90 Å². The topological polar surface area (TPSA) is 61.8 Å². The number of amides is 2. The van der Waals surface area contributed by atoms with E-state index in [-0.39, 0.29) is 18.2 Å². The van der Waals surface area contributed by atoms with E-state index in [1.54, 1.807) is 11.9 Å². The summed E-state index contributed by atoms with van der Waals surface area (Å²) in [6.07, 6.45) is 0.943. The van der Waals surface area contributed by atoms with Gasteiger partial charge < -0.3 is 5.32 Å². The Kier molecular flexibility index (Phi) is 5.86. The van der Waals surface area contributed by atoms with Gasteiger partial charge in [0.2, 0.25) is 11.8 Å². The van der Waals surface area contributed by atoms with E-state index in [1.165, 1.54) is 11.8 Å². The molecule has 152 valence electrons. The molecule has 4 rings (SSSR count). The molecule has 0 spiro atoms. The Morgan fingerprint density at radius 1 is 1.07 bits per heavy atom. The standard InChI is InChI=1S/C24H23N3O2S/c1-3-16-9-5-7-13-19(16)25-22(28)15-21-23(29)27(2)24(30-21)26-20-14-8-11-17-10-4-6-12-18(17)20/h4-14,21H,3,15H2,1-2H3,(H,25,28). The molecule has 1 saturated heterocycles. The molecule has 3 aromatic rings. The largest absolute Gasteiger partial charge is 0.326 e. The van der Waals surface area contributed by atoms with E-state index in [0.717, 1.165) is 34.1 Å². The number of fused-ring (bicyclic) bond motifs is 1. The van der Waals surface area contributed by atoms with E-state index in [4.69, 9.17) is 4.99 Å². The minimum Gasteiger partial charge on any atom is -0.326 e. The minimum atomic E-state index is -0.475. The highest BCUT2D eigenvalue weighted by atomic mass is 32.2. The van der Waals surface area contributed by atoms with Crippen LogP contribution in [0.2, 0.25) is 0 Å². The Morgan fingerprint density at radius 2 is 1.80 bits per heavy atom. The zero-order chi connectivity index (χ0) is 21.1. The molecule has 1 aliphatic rings. The Hall–Kier alpha value is -3.12. The maximum Gasteiger partial charge on any atom is 0.242 e. The fourth-order valence-corrected chi connectivity index (χ4v) is 4.67. The first kappa shape index (κ1) is 20.2. The van der Waals surface area contributed by atoms with Crippen molar-refractivity contribution in [3.8, 4) is 0 Å². The fraction of sp³-hybridized carbons (Fsp3) is 0.208. The number of hydrogen-bond donors (Lipinski definition) is 1. The summed E-state index contributed by atoms with van der Waals surface area (Å²) < 4.78 is 0. The van der Waals surface area contributed by atoms with Crippen molar-refractivity contribution in [2.24, 2.45) is 4.99 Å². The lowest BCUT2D eigenvalue weighted by Crippen LogP contribution is -2.30. The van der Waals surface area contributed by atoms with E-state index >= 15 is 0 Å². The highest BCUT2D eigenvalue weighted by Crippen LogP contribution is 2.33. The monoisotopic (exact) mass is 417 g/mol. The van der Waals surface area contributed by atoms with Gasteiger partial charge in [0.25, 0.3) is 0 Å². The molecule has 6 heteroatoms. The molecule has 30 heavy (non-hydrogen) atoms. The number of nitrogens with zero attached hydrogens (tertiary/aromatic N) is 2. The van der Waals surface area contributed by atoms with Crippen molar-refractivity contribution in [1.29, 1.82) is 0 Å². The number of aliphatic imine (C=N–C) groups is 1. The van der Waals surface area contributed by atoms with Crippen LogP contribution in [-0.4, -0.2) is 34.2 Å². The SMILES string of the molecule is CCc1ccccc1NC(=O)CC1SC(=Nc2cccc3ccccc23)N(C)C1=O. The summed E-state index contributed by atoms with van der Waals surface area (Å²) in [7, 11) is 1.71. The second-order valence-corrected chi connectivity index (χ2v) is 8.33. The van der Waals surface area contributed by atoms with Crippen molar-refractivity contribution in [3.05, 3.63) is 72.3 Å². The lowest BCUT2D eigenvalue weighted by Gasteiger charge is -2.11. The number of rotatable bonds is 5. The zero-order valence-corrected chi connectivity index (χ0v) is 17.8. The zero-order valence-electron chi connectivity index (χ0n) is 17.0. The maximum absolute atomic E-state index is 12.7. The molecule has 1 N–H and O–H groups in total. The normalized spacial score (nSPS) is 17.7. The number of thioether (sulfide) groups is 1. The first-order chi connectivity index (χ1) is 14.6. The maximum atomic E-state index is 12.7. The third-order valence-electron chi connectivity index (χ3n) is 5.17. The van der Waals surface area contributed by atoms with E-state index < -0.39 is 5.25 Å². The van der Waals surface area contributed by atoms with Crippen molar-refractivity contribution in [3.63, 3.8) is 0 Å². The van der Waals surface area contributed by atoms with Crippen molar-refractivity contribution in [2.45, 2.75) is 25.0 Å². The molecule has 0 aromatic heterocycles. The van der Waals surface area contributed by atoms with Gasteiger partial charge in [0, 0.05) is 24.5 Å². The number of para-hydroxylation sites is 1. The van der Waals surface area contributed by atoms with Crippen molar-refractivity contribution < 1.29 is 9.59 Å². The molecule has 0 aliphatic carbocycles. The summed E-state index contributed by atoms with van der Waals surface area (Å²) in [6, 6.07) is 21.7. The van der Waals surface area contributed by atoms with Crippen LogP contribution in [0.4, 0.5) is 11.4 Å². The summed E-state index contributed by atoms with van der Waals surface area (Å²) in [5.41, 5.74) is 2.70. The second-order valence-electron chi connectivity index (χ2n) is 7.16. The quantitative estimate of drug-likeness (QED) is 0.636. The highest BCUT2D eigenvalue weighted by Gasteiger charge is 2.37. The number of nitrogens with one attached hydrogen (secondary N) is 1. The van der Waals surface area contributed by atoms with Gasteiger partial charge in [-0.05, 0) is 29.5 Å². The second kappa shape index (κ2) is 8.71. The van der Waals surface area contributed by atoms with Gasteiger partial charge in [-0.2, -0.15) is 0 Å². The van der Waals surface area contributed by atoms with Gasteiger partial charge in [0.1, 0.15) is 5.25 Å². The molecule has 5 nitrogen and oxygen atoms in total. The molecular weight excluding hydrogens is 394 g/mol. The molecule has 1 unspecified atom stereocenters. The fourth-order valence-electron chi connectivity index (χ4n) is 3.53. The van der Waals surface area contributed by atoms with Crippen LogP contribution >= 0.6 is 11.8 Å². The third-order valence-corrected chi connectivity index (χ3v) is 6.40. The van der Waals surface area contributed by atoms with E-state index in [1.807, 2.05) is 73.7 Å². The van der Waals surface area contributed by atoms with Crippen LogP contribution in [-0.2, 0) is 16.0 Å². The van der Waals surface area contributed by atoms with Gasteiger partial charge in [-0.1, -0.05) is 73.3 Å². The minimum absolute atomic E-state index is 0.0992. The van der Waals surface area contributed by atoms with Crippen LogP contribution in [0.1, 0.15) is 18.9 Å². The first-order valence-electron chi connectivity index (χ1n) is 9.95. The van der Waals surface area contributed by atoms with Crippen LogP contribution in [0.3, 0.4) is 0 Å². The Balaban J connectivity index is 1.51. The van der Waals surface area contributed by atoms with Crippen LogP contribution in [0.5, 0.6) is 0 Å². The molecular formula is C24H23N3O2S. The number of amidine groups is 1. The van der Waals surface area contributed by atoms with Gasteiger partial charge in [0.15, 0.2) is 5.17 Å². The summed E-state index contributed by atoms with van der Waals surface area (Å²) in [5, 5.41) is 5.22. The summed E-state index contributed by atoms with van der Waals surface area (Å²) in [5.74, 6) is -0.264. The molecule has 3 aromatic carbocycles. The lowest BCUT2D eigenvalue weighted by atomic mass is 10.1. The molecule has 0 saturated carbocycles. The van der Waals surface area contributed by atoms with Gasteiger partial charge in [-0.25, -0.2) is 4.99 Å². The number of aryl methyl sites for hydroxylation is 1. The molecule has 1 aliphatic heterocycles. The lowest BCUT2D eigenvalue weighted by molar-refractivity contribution is -0.127. The van der Waals surface area contributed by atoms with Crippen molar-refractivity contribution in [2.75, 3.05) is 12.4 Å². The van der Waals surface area contributed by atoms with Gasteiger partial charge in [-0.15, -0.1) is 0 Å². The average Bonchev–Trinajstić information content (AvgIpc) is 3.02.